The van der Waals surface area contributed by atoms with Crippen LogP contribution in [0.4, 0.5) is 0 Å². The van der Waals surface area contributed by atoms with Crippen molar-refractivity contribution < 1.29 is 9.47 Å². The van der Waals surface area contributed by atoms with Gasteiger partial charge in [0, 0.05) is 11.4 Å². The van der Waals surface area contributed by atoms with E-state index in [2.05, 4.69) is 28.1 Å². The van der Waals surface area contributed by atoms with Crippen LogP contribution in [0.3, 0.4) is 0 Å². The van der Waals surface area contributed by atoms with Gasteiger partial charge >= 0.3 is 0 Å². The van der Waals surface area contributed by atoms with Crippen molar-refractivity contribution in [3.8, 4) is 11.5 Å². The molecule has 0 spiro atoms. The van der Waals surface area contributed by atoms with Crippen molar-refractivity contribution in [2.24, 2.45) is 0 Å². The molecule has 0 saturated carbocycles. The van der Waals surface area contributed by atoms with Crippen molar-refractivity contribution in [3.05, 3.63) is 60.2 Å². The zero-order valence-corrected chi connectivity index (χ0v) is 13.7. The van der Waals surface area contributed by atoms with E-state index in [9.17, 15) is 0 Å². The minimum Gasteiger partial charge on any atom is -0.493 e. The number of hydrogen-bond donors (Lipinski definition) is 0. The van der Waals surface area contributed by atoms with Crippen molar-refractivity contribution in [1.29, 1.82) is 0 Å². The molecule has 0 saturated heterocycles. The first-order valence-corrected chi connectivity index (χ1v) is 8.46. The van der Waals surface area contributed by atoms with Crippen molar-refractivity contribution in [2.45, 2.75) is 25.9 Å². The van der Waals surface area contributed by atoms with Crippen molar-refractivity contribution in [3.63, 3.8) is 0 Å². The lowest BCUT2D eigenvalue weighted by Gasteiger charge is -2.09. The van der Waals surface area contributed by atoms with Gasteiger partial charge in [-0.1, -0.05) is 52.3 Å². The van der Waals surface area contributed by atoms with E-state index < -0.39 is 0 Å². The first-order chi connectivity index (χ1) is 10.4. The minimum absolute atomic E-state index is 0.579. The van der Waals surface area contributed by atoms with Crippen LogP contribution in [0.2, 0.25) is 0 Å². The van der Waals surface area contributed by atoms with Crippen LogP contribution in [-0.2, 0) is 6.61 Å². The van der Waals surface area contributed by atoms with Crippen LogP contribution in [0, 0.1) is 0 Å². The zero-order valence-electron chi connectivity index (χ0n) is 12.1. The predicted molar refractivity (Wildman–Crippen MR) is 90.4 cm³/mol. The molecule has 0 amide bonds. The van der Waals surface area contributed by atoms with Crippen molar-refractivity contribution >= 4 is 15.9 Å². The van der Waals surface area contributed by atoms with Gasteiger partial charge in [-0.25, -0.2) is 0 Å². The van der Waals surface area contributed by atoms with Gasteiger partial charge in [0.2, 0.25) is 0 Å². The molecule has 0 bridgehead atoms. The molecule has 0 aliphatic heterocycles. The maximum Gasteiger partial charge on any atom is 0.123 e. The Labute approximate surface area is 135 Å². The summed E-state index contributed by atoms with van der Waals surface area (Å²) in [7, 11) is 0. The topological polar surface area (TPSA) is 18.5 Å². The number of halogens is 1. The average Bonchev–Trinajstić information content (AvgIpc) is 2.54. The minimum atomic E-state index is 0.579. The number of alkyl halides is 1. The lowest BCUT2D eigenvalue weighted by atomic mass is 10.2. The van der Waals surface area contributed by atoms with Gasteiger partial charge in [-0.15, -0.1) is 0 Å². The van der Waals surface area contributed by atoms with E-state index in [1.54, 1.807) is 0 Å². The second-order valence-corrected chi connectivity index (χ2v) is 5.64. The summed E-state index contributed by atoms with van der Waals surface area (Å²) in [5, 5.41) is 1.07. The summed E-state index contributed by atoms with van der Waals surface area (Å²) in [5.41, 5.74) is 1.17. The van der Waals surface area contributed by atoms with Gasteiger partial charge in [-0.2, -0.15) is 0 Å². The molecule has 0 N–H and O–H groups in total. The van der Waals surface area contributed by atoms with Gasteiger partial charge in [0.05, 0.1) is 6.61 Å². The monoisotopic (exact) mass is 348 g/mol. The smallest absolute Gasteiger partial charge is 0.123 e. The Morgan fingerprint density at radius 3 is 2.29 bits per heavy atom. The summed E-state index contributed by atoms with van der Waals surface area (Å²) < 4.78 is 11.5. The van der Waals surface area contributed by atoms with Crippen LogP contribution in [0.15, 0.2) is 54.6 Å². The molecule has 2 aromatic carbocycles. The number of unbranched alkanes of at least 4 members (excludes halogenated alkanes) is 2. The Hall–Kier alpha value is -1.48. The molecule has 21 heavy (non-hydrogen) atoms. The third-order valence-electron chi connectivity index (χ3n) is 3.10. The fourth-order valence-corrected chi connectivity index (χ4v) is 2.35. The number of rotatable bonds is 9. The fourth-order valence-electron chi connectivity index (χ4n) is 1.96. The quantitative estimate of drug-likeness (QED) is 0.457. The van der Waals surface area contributed by atoms with E-state index in [4.69, 9.17) is 9.47 Å². The Bertz CT molecular complexity index is 514. The molecule has 0 aliphatic rings. The normalized spacial score (nSPS) is 10.3. The molecular weight excluding hydrogens is 328 g/mol. The van der Waals surface area contributed by atoms with Gasteiger partial charge in [-0.3, -0.25) is 0 Å². The third-order valence-corrected chi connectivity index (χ3v) is 3.66. The maximum absolute atomic E-state index is 5.79. The van der Waals surface area contributed by atoms with E-state index >= 15 is 0 Å². The highest BCUT2D eigenvalue weighted by atomic mass is 79.9. The molecule has 0 atom stereocenters. The number of ether oxygens (including phenoxy) is 2. The lowest BCUT2D eigenvalue weighted by Crippen LogP contribution is -1.99. The molecule has 0 unspecified atom stereocenters. The Morgan fingerprint density at radius 1 is 0.762 bits per heavy atom. The van der Waals surface area contributed by atoms with Gasteiger partial charge < -0.3 is 9.47 Å². The van der Waals surface area contributed by atoms with E-state index in [1.165, 1.54) is 18.4 Å². The molecule has 0 aliphatic carbocycles. The highest BCUT2D eigenvalue weighted by Gasteiger charge is 1.99. The highest BCUT2D eigenvalue weighted by molar-refractivity contribution is 9.09. The second-order valence-electron chi connectivity index (χ2n) is 4.85. The fraction of sp³-hybridized carbons (Fsp3) is 0.333. The van der Waals surface area contributed by atoms with E-state index in [1.807, 2.05) is 42.5 Å². The highest BCUT2D eigenvalue weighted by Crippen LogP contribution is 2.20. The molecule has 0 aromatic heterocycles. The maximum atomic E-state index is 5.79. The van der Waals surface area contributed by atoms with Crippen LogP contribution in [-0.4, -0.2) is 11.9 Å². The standard InChI is InChI=1S/C18H21BrO2/c19-12-5-2-6-13-20-17-10-7-11-18(14-17)21-15-16-8-3-1-4-9-16/h1,3-4,7-11,14H,2,5-6,12-13,15H2. The Morgan fingerprint density at radius 2 is 1.52 bits per heavy atom. The summed E-state index contributed by atoms with van der Waals surface area (Å²) in [6.07, 6.45) is 3.47. The molecule has 3 heteroatoms. The Balaban J connectivity index is 1.77. The van der Waals surface area contributed by atoms with Crippen molar-refractivity contribution in [2.75, 3.05) is 11.9 Å². The van der Waals surface area contributed by atoms with E-state index in [0.717, 1.165) is 29.9 Å². The lowest BCUT2D eigenvalue weighted by molar-refractivity contribution is 0.291. The van der Waals surface area contributed by atoms with Crippen LogP contribution >= 0.6 is 15.9 Å². The zero-order chi connectivity index (χ0) is 14.8. The Kier molecular flexibility index (Phi) is 7.16. The SMILES string of the molecule is BrCCCCCOc1cccc(OCc2ccccc2)c1. The van der Waals surface area contributed by atoms with E-state index in [0.29, 0.717) is 6.61 Å². The largest absolute Gasteiger partial charge is 0.493 e. The summed E-state index contributed by atoms with van der Waals surface area (Å²) in [4.78, 5) is 0. The van der Waals surface area contributed by atoms with Gasteiger partial charge in [0.25, 0.3) is 0 Å². The average molecular weight is 349 g/mol. The third kappa shape index (κ3) is 6.21. The molecule has 2 nitrogen and oxygen atoms in total. The summed E-state index contributed by atoms with van der Waals surface area (Å²) in [5.74, 6) is 1.72. The van der Waals surface area contributed by atoms with Gasteiger partial charge in [-0.05, 0) is 37.0 Å². The predicted octanol–water partition coefficient (Wildman–Crippen LogP) is 5.21. The molecule has 0 radical (unpaired) electrons. The van der Waals surface area contributed by atoms with Gasteiger partial charge in [0.1, 0.15) is 18.1 Å². The first kappa shape index (κ1) is 15.9. The number of hydrogen-bond acceptors (Lipinski definition) is 2. The molecule has 112 valence electrons. The summed E-state index contributed by atoms with van der Waals surface area (Å²) in [6.45, 7) is 1.34. The molecule has 0 heterocycles. The van der Waals surface area contributed by atoms with Gasteiger partial charge in [0.15, 0.2) is 0 Å². The first-order valence-electron chi connectivity index (χ1n) is 7.34. The summed E-state index contributed by atoms with van der Waals surface area (Å²) >= 11 is 3.44. The molecule has 2 rings (SSSR count). The van der Waals surface area contributed by atoms with Crippen LogP contribution in [0.5, 0.6) is 11.5 Å². The molecule has 0 fully saturated rings. The van der Waals surface area contributed by atoms with E-state index in [-0.39, 0.29) is 0 Å². The summed E-state index contributed by atoms with van der Waals surface area (Å²) in [6, 6.07) is 18.0. The molecular formula is C18H21BrO2. The molecule has 2 aromatic rings. The van der Waals surface area contributed by atoms with Crippen LogP contribution in [0.25, 0.3) is 0 Å². The second kappa shape index (κ2) is 9.46. The van der Waals surface area contributed by atoms with Crippen molar-refractivity contribution in [1.82, 2.24) is 0 Å². The number of benzene rings is 2. The van der Waals surface area contributed by atoms with Crippen LogP contribution < -0.4 is 9.47 Å². The van der Waals surface area contributed by atoms with Crippen LogP contribution in [0.1, 0.15) is 24.8 Å².